The Kier molecular flexibility index (Phi) is 6.67. The van der Waals surface area contributed by atoms with E-state index >= 15 is 0 Å². The Labute approximate surface area is 105 Å². The van der Waals surface area contributed by atoms with Crippen LogP contribution in [0.5, 0.6) is 0 Å². The molecule has 2 N–H and O–H groups in total. The molecular weight excluding hydrogens is 212 g/mol. The summed E-state index contributed by atoms with van der Waals surface area (Å²) in [5.41, 5.74) is 7.83. The third kappa shape index (κ3) is 5.71. The zero-order chi connectivity index (χ0) is 12.5. The summed E-state index contributed by atoms with van der Waals surface area (Å²) < 4.78 is 5.06. The van der Waals surface area contributed by atoms with E-state index in [4.69, 9.17) is 10.5 Å². The molecule has 0 aliphatic rings. The molecule has 0 spiro atoms. The first kappa shape index (κ1) is 14.0. The molecule has 1 aromatic carbocycles. The van der Waals surface area contributed by atoms with Crippen LogP contribution in [-0.2, 0) is 11.3 Å². The lowest BCUT2D eigenvalue weighted by Crippen LogP contribution is -2.24. The zero-order valence-electron chi connectivity index (χ0n) is 11.0. The minimum Gasteiger partial charge on any atom is -0.399 e. The van der Waals surface area contributed by atoms with E-state index in [9.17, 15) is 0 Å². The SMILES string of the molecule is CCN(CCCCOC)Cc1ccc(N)cc1. The summed E-state index contributed by atoms with van der Waals surface area (Å²) in [5.74, 6) is 0. The quantitative estimate of drug-likeness (QED) is 0.557. The molecule has 96 valence electrons. The summed E-state index contributed by atoms with van der Waals surface area (Å²) in [6, 6.07) is 8.14. The Balaban J connectivity index is 2.33. The fourth-order valence-corrected chi connectivity index (χ4v) is 1.81. The smallest absolute Gasteiger partial charge is 0.0462 e. The van der Waals surface area contributed by atoms with E-state index in [0.717, 1.165) is 38.3 Å². The molecule has 0 saturated heterocycles. The number of methoxy groups -OCH3 is 1. The average Bonchev–Trinajstić information content (AvgIpc) is 2.35. The summed E-state index contributed by atoms with van der Waals surface area (Å²) >= 11 is 0. The van der Waals surface area contributed by atoms with E-state index in [2.05, 4.69) is 24.0 Å². The lowest BCUT2D eigenvalue weighted by Gasteiger charge is -2.20. The van der Waals surface area contributed by atoms with Gasteiger partial charge in [-0.05, 0) is 43.6 Å². The topological polar surface area (TPSA) is 38.5 Å². The van der Waals surface area contributed by atoms with Crippen molar-refractivity contribution < 1.29 is 4.74 Å². The minimum atomic E-state index is 0.830. The Morgan fingerprint density at radius 1 is 1.18 bits per heavy atom. The monoisotopic (exact) mass is 236 g/mol. The summed E-state index contributed by atoms with van der Waals surface area (Å²) in [5, 5.41) is 0. The van der Waals surface area contributed by atoms with E-state index in [-0.39, 0.29) is 0 Å². The van der Waals surface area contributed by atoms with Crippen molar-refractivity contribution in [1.82, 2.24) is 4.90 Å². The van der Waals surface area contributed by atoms with Crippen molar-refractivity contribution in [3.63, 3.8) is 0 Å². The van der Waals surface area contributed by atoms with E-state index < -0.39 is 0 Å². The molecule has 0 aliphatic heterocycles. The van der Waals surface area contributed by atoms with Crippen molar-refractivity contribution in [1.29, 1.82) is 0 Å². The van der Waals surface area contributed by atoms with Gasteiger partial charge in [-0.25, -0.2) is 0 Å². The molecule has 1 rings (SSSR count). The van der Waals surface area contributed by atoms with Gasteiger partial charge in [-0.3, -0.25) is 4.90 Å². The van der Waals surface area contributed by atoms with Crippen LogP contribution in [0.3, 0.4) is 0 Å². The van der Waals surface area contributed by atoms with Crippen molar-refractivity contribution in [3.05, 3.63) is 29.8 Å². The highest BCUT2D eigenvalue weighted by molar-refractivity contribution is 5.39. The Morgan fingerprint density at radius 3 is 2.47 bits per heavy atom. The molecule has 0 fully saturated rings. The Hall–Kier alpha value is -1.06. The second kappa shape index (κ2) is 8.09. The predicted octanol–water partition coefficient (Wildman–Crippen LogP) is 2.52. The number of nitrogens with zero attached hydrogens (tertiary/aromatic N) is 1. The van der Waals surface area contributed by atoms with Crippen molar-refractivity contribution in [2.45, 2.75) is 26.3 Å². The van der Waals surface area contributed by atoms with Gasteiger partial charge in [0.05, 0.1) is 0 Å². The van der Waals surface area contributed by atoms with Gasteiger partial charge in [0.1, 0.15) is 0 Å². The van der Waals surface area contributed by atoms with Gasteiger partial charge in [0.15, 0.2) is 0 Å². The lowest BCUT2D eigenvalue weighted by molar-refractivity contribution is 0.183. The van der Waals surface area contributed by atoms with Crippen molar-refractivity contribution in [2.75, 3.05) is 32.5 Å². The summed E-state index contributed by atoms with van der Waals surface area (Å²) in [4.78, 5) is 2.45. The number of unbranched alkanes of at least 4 members (excludes halogenated alkanes) is 1. The molecule has 3 heteroatoms. The maximum absolute atomic E-state index is 5.68. The second-order valence-corrected chi connectivity index (χ2v) is 4.31. The molecule has 17 heavy (non-hydrogen) atoms. The van der Waals surface area contributed by atoms with Gasteiger partial charge in [-0.2, -0.15) is 0 Å². The van der Waals surface area contributed by atoms with Gasteiger partial charge in [0.25, 0.3) is 0 Å². The molecule has 0 heterocycles. The molecule has 0 saturated carbocycles. The number of benzene rings is 1. The fourth-order valence-electron chi connectivity index (χ4n) is 1.81. The van der Waals surface area contributed by atoms with Crippen molar-refractivity contribution >= 4 is 5.69 Å². The van der Waals surface area contributed by atoms with Crippen LogP contribution in [0.15, 0.2) is 24.3 Å². The number of rotatable bonds is 8. The number of ether oxygens (including phenoxy) is 1. The van der Waals surface area contributed by atoms with Crippen LogP contribution >= 0.6 is 0 Å². The highest BCUT2D eigenvalue weighted by Gasteiger charge is 2.03. The molecule has 0 aromatic heterocycles. The third-order valence-electron chi connectivity index (χ3n) is 2.91. The largest absolute Gasteiger partial charge is 0.399 e. The minimum absolute atomic E-state index is 0.830. The maximum atomic E-state index is 5.68. The molecule has 0 amide bonds. The summed E-state index contributed by atoms with van der Waals surface area (Å²) in [7, 11) is 1.76. The molecule has 0 atom stereocenters. The van der Waals surface area contributed by atoms with Crippen molar-refractivity contribution in [3.8, 4) is 0 Å². The van der Waals surface area contributed by atoms with Gasteiger partial charge >= 0.3 is 0 Å². The second-order valence-electron chi connectivity index (χ2n) is 4.31. The van der Waals surface area contributed by atoms with E-state index in [1.807, 2.05) is 12.1 Å². The zero-order valence-corrected chi connectivity index (χ0v) is 11.0. The molecule has 0 bridgehead atoms. The molecule has 0 unspecified atom stereocenters. The first-order chi connectivity index (χ1) is 8.26. The summed E-state index contributed by atoms with van der Waals surface area (Å²) in [6.45, 7) is 6.28. The van der Waals surface area contributed by atoms with Gasteiger partial charge in [0.2, 0.25) is 0 Å². The number of anilines is 1. The number of nitrogen functional groups attached to an aromatic ring is 1. The van der Waals surface area contributed by atoms with Crippen LogP contribution < -0.4 is 5.73 Å². The van der Waals surface area contributed by atoms with E-state index in [1.54, 1.807) is 7.11 Å². The normalized spacial score (nSPS) is 11.0. The van der Waals surface area contributed by atoms with E-state index in [1.165, 1.54) is 12.0 Å². The lowest BCUT2D eigenvalue weighted by atomic mass is 10.2. The van der Waals surface area contributed by atoms with Crippen molar-refractivity contribution in [2.24, 2.45) is 0 Å². The first-order valence-corrected chi connectivity index (χ1v) is 6.32. The predicted molar refractivity (Wildman–Crippen MR) is 72.9 cm³/mol. The number of nitrogens with two attached hydrogens (primary N) is 1. The number of hydrogen-bond donors (Lipinski definition) is 1. The van der Waals surface area contributed by atoms with Crippen LogP contribution in [-0.4, -0.2) is 31.7 Å². The van der Waals surface area contributed by atoms with Crippen LogP contribution in [0.2, 0.25) is 0 Å². The standard InChI is InChI=1S/C14H24N2O/c1-3-16(10-4-5-11-17-2)12-13-6-8-14(15)9-7-13/h6-9H,3-5,10-12,15H2,1-2H3. The molecule has 0 radical (unpaired) electrons. The van der Waals surface area contributed by atoms with Gasteiger partial charge in [-0.1, -0.05) is 19.1 Å². The summed E-state index contributed by atoms with van der Waals surface area (Å²) in [6.07, 6.45) is 2.32. The molecule has 0 aliphatic carbocycles. The Morgan fingerprint density at radius 2 is 1.88 bits per heavy atom. The first-order valence-electron chi connectivity index (χ1n) is 6.32. The third-order valence-corrected chi connectivity index (χ3v) is 2.91. The highest BCUT2D eigenvalue weighted by Crippen LogP contribution is 2.09. The van der Waals surface area contributed by atoms with Crippen LogP contribution in [0.1, 0.15) is 25.3 Å². The maximum Gasteiger partial charge on any atom is 0.0462 e. The van der Waals surface area contributed by atoms with Gasteiger partial charge in [0, 0.05) is 25.9 Å². The van der Waals surface area contributed by atoms with Crippen LogP contribution in [0.25, 0.3) is 0 Å². The molecule has 1 aromatic rings. The highest BCUT2D eigenvalue weighted by atomic mass is 16.5. The van der Waals surface area contributed by atoms with E-state index in [0.29, 0.717) is 0 Å². The molecular formula is C14H24N2O. The Bertz CT molecular complexity index is 298. The number of hydrogen-bond acceptors (Lipinski definition) is 3. The fraction of sp³-hybridized carbons (Fsp3) is 0.571. The van der Waals surface area contributed by atoms with Crippen LogP contribution in [0.4, 0.5) is 5.69 Å². The van der Waals surface area contributed by atoms with Gasteiger partial charge in [-0.15, -0.1) is 0 Å². The molecule has 3 nitrogen and oxygen atoms in total. The van der Waals surface area contributed by atoms with Gasteiger partial charge < -0.3 is 10.5 Å². The average molecular weight is 236 g/mol. The van der Waals surface area contributed by atoms with Crippen LogP contribution in [0, 0.1) is 0 Å².